The van der Waals surface area contributed by atoms with Crippen LogP contribution in [0.3, 0.4) is 0 Å². The van der Waals surface area contributed by atoms with E-state index < -0.39 is 12.1 Å². The molecule has 98 valence electrons. The molecule has 0 radical (unpaired) electrons. The van der Waals surface area contributed by atoms with Crippen LogP contribution in [-0.4, -0.2) is 45.8 Å². The van der Waals surface area contributed by atoms with E-state index in [-0.39, 0.29) is 24.2 Å². The minimum atomic E-state index is -1.08. The van der Waals surface area contributed by atoms with Crippen molar-refractivity contribution in [3.8, 4) is 0 Å². The number of nitrogens with one attached hydrogen (secondary N) is 2. The van der Waals surface area contributed by atoms with E-state index >= 15 is 0 Å². The van der Waals surface area contributed by atoms with Gasteiger partial charge < -0.3 is 20.8 Å². The van der Waals surface area contributed by atoms with Crippen molar-refractivity contribution in [3.63, 3.8) is 0 Å². The third-order valence-corrected chi connectivity index (χ3v) is 3.46. The maximum absolute atomic E-state index is 11.7. The number of amides is 1. The highest BCUT2D eigenvalue weighted by Crippen LogP contribution is 2.10. The number of aliphatic hydroxyl groups excluding tert-OH is 1. The highest BCUT2D eigenvalue weighted by atomic mass is 32.1. The van der Waals surface area contributed by atoms with Crippen LogP contribution in [0.5, 0.6) is 0 Å². The first-order valence-electron chi connectivity index (χ1n) is 5.43. The largest absolute Gasteiger partial charge is 0.476 e. The van der Waals surface area contributed by atoms with Crippen molar-refractivity contribution in [1.82, 2.24) is 15.6 Å². The molecular weight excluding hydrogens is 258 g/mol. The third-order valence-electron chi connectivity index (χ3n) is 2.61. The molecule has 1 saturated heterocycles. The van der Waals surface area contributed by atoms with Crippen LogP contribution in [0.1, 0.15) is 21.9 Å². The van der Waals surface area contributed by atoms with Gasteiger partial charge in [0.25, 0.3) is 0 Å². The number of rotatable bonds is 4. The smallest absolute Gasteiger partial charge is 0.355 e. The Hall–Kier alpha value is -1.51. The summed E-state index contributed by atoms with van der Waals surface area (Å²) in [4.78, 5) is 26.2. The Balaban J connectivity index is 1.83. The molecule has 7 nitrogen and oxygen atoms in total. The zero-order valence-electron chi connectivity index (χ0n) is 9.42. The molecule has 2 unspecified atom stereocenters. The molecular formula is C10H13N3O4S. The molecule has 8 heteroatoms. The van der Waals surface area contributed by atoms with E-state index in [0.29, 0.717) is 18.0 Å². The lowest BCUT2D eigenvalue weighted by atomic mass is 10.2. The second kappa shape index (κ2) is 5.42. The number of nitrogens with zero attached hydrogens (tertiary/aromatic N) is 1. The number of aromatic carboxylic acids is 1. The highest BCUT2D eigenvalue weighted by Gasteiger charge is 2.27. The van der Waals surface area contributed by atoms with E-state index in [0.717, 1.165) is 0 Å². The predicted octanol–water partition coefficient (Wildman–Crippen LogP) is -0.820. The monoisotopic (exact) mass is 271 g/mol. The molecule has 2 heterocycles. The van der Waals surface area contributed by atoms with Gasteiger partial charge in [-0.15, -0.1) is 11.3 Å². The van der Waals surface area contributed by atoms with E-state index in [2.05, 4.69) is 15.6 Å². The number of hydrogen-bond donors (Lipinski definition) is 4. The second-order valence-electron chi connectivity index (χ2n) is 4.00. The van der Waals surface area contributed by atoms with Crippen molar-refractivity contribution in [2.75, 3.05) is 6.54 Å². The molecule has 1 aromatic rings. The Morgan fingerprint density at radius 2 is 2.39 bits per heavy atom. The Bertz CT molecular complexity index is 462. The molecule has 1 aromatic heterocycles. The van der Waals surface area contributed by atoms with E-state index in [1.54, 1.807) is 0 Å². The van der Waals surface area contributed by atoms with Gasteiger partial charge in [0.15, 0.2) is 5.69 Å². The molecule has 0 saturated carbocycles. The van der Waals surface area contributed by atoms with Crippen LogP contribution >= 0.6 is 11.3 Å². The summed E-state index contributed by atoms with van der Waals surface area (Å²) in [6.07, 6.45) is -0.0939. The summed E-state index contributed by atoms with van der Waals surface area (Å²) in [5.41, 5.74) is -0.0151. The fraction of sp³-hybridized carbons (Fsp3) is 0.500. The molecule has 0 aliphatic carbocycles. The molecule has 2 atom stereocenters. The topological polar surface area (TPSA) is 112 Å². The molecule has 1 amide bonds. The van der Waals surface area contributed by atoms with Gasteiger partial charge >= 0.3 is 5.97 Å². The quantitative estimate of drug-likeness (QED) is 0.569. The lowest BCUT2D eigenvalue weighted by Crippen LogP contribution is -2.40. The summed E-state index contributed by atoms with van der Waals surface area (Å²) in [7, 11) is 0. The molecule has 18 heavy (non-hydrogen) atoms. The maximum Gasteiger partial charge on any atom is 0.355 e. The number of β-amino-alcohol motifs (C(OH)–C–C–N with tert-alkyl or cyclic N) is 1. The Morgan fingerprint density at radius 1 is 1.61 bits per heavy atom. The van der Waals surface area contributed by atoms with E-state index in [1.807, 2.05) is 0 Å². The zero-order chi connectivity index (χ0) is 13.1. The average Bonchev–Trinajstić information content (AvgIpc) is 2.94. The van der Waals surface area contributed by atoms with Gasteiger partial charge in [-0.05, 0) is 6.42 Å². The summed E-state index contributed by atoms with van der Waals surface area (Å²) in [5, 5.41) is 25.5. The van der Waals surface area contributed by atoms with Gasteiger partial charge in [0.2, 0.25) is 5.91 Å². The molecule has 1 fully saturated rings. The van der Waals surface area contributed by atoms with Crippen LogP contribution < -0.4 is 10.6 Å². The number of aromatic nitrogens is 1. The maximum atomic E-state index is 11.7. The van der Waals surface area contributed by atoms with Gasteiger partial charge in [-0.1, -0.05) is 0 Å². The highest BCUT2D eigenvalue weighted by molar-refractivity contribution is 7.09. The van der Waals surface area contributed by atoms with Crippen LogP contribution in [0.4, 0.5) is 0 Å². The van der Waals surface area contributed by atoms with Crippen molar-refractivity contribution >= 4 is 23.2 Å². The third kappa shape index (κ3) is 3.03. The number of carbonyl (C=O) groups excluding carboxylic acids is 1. The van der Waals surface area contributed by atoms with Gasteiger partial charge in [0.1, 0.15) is 5.01 Å². The van der Waals surface area contributed by atoms with Crippen LogP contribution in [-0.2, 0) is 11.3 Å². The fourth-order valence-electron chi connectivity index (χ4n) is 1.69. The van der Waals surface area contributed by atoms with Crippen molar-refractivity contribution in [1.29, 1.82) is 0 Å². The summed E-state index contributed by atoms with van der Waals surface area (Å²) in [5.74, 6) is -1.29. The molecule has 1 aliphatic heterocycles. The van der Waals surface area contributed by atoms with E-state index in [4.69, 9.17) is 5.11 Å². The van der Waals surface area contributed by atoms with Gasteiger partial charge in [0, 0.05) is 11.9 Å². The SMILES string of the molecule is O=C(O)c1csc(CNC(=O)C2CC(O)CN2)n1. The van der Waals surface area contributed by atoms with Gasteiger partial charge in [-0.25, -0.2) is 9.78 Å². The Morgan fingerprint density at radius 3 is 2.94 bits per heavy atom. The zero-order valence-corrected chi connectivity index (χ0v) is 10.2. The first-order chi connectivity index (χ1) is 8.56. The fourth-order valence-corrected chi connectivity index (χ4v) is 2.40. The number of thiazole rings is 1. The molecule has 0 bridgehead atoms. The Kier molecular flexibility index (Phi) is 3.90. The lowest BCUT2D eigenvalue weighted by Gasteiger charge is -2.09. The standard InChI is InChI=1S/C10H13N3O4S/c14-5-1-6(11-2-5)9(15)12-3-8-13-7(4-18-8)10(16)17/h4-6,11,14H,1-3H2,(H,12,15)(H,16,17). The summed E-state index contributed by atoms with van der Waals surface area (Å²) in [6, 6.07) is -0.390. The van der Waals surface area contributed by atoms with Gasteiger partial charge in [-0.2, -0.15) is 0 Å². The van der Waals surface area contributed by atoms with Crippen molar-refractivity contribution < 1.29 is 19.8 Å². The number of hydrogen-bond acceptors (Lipinski definition) is 6. The number of carbonyl (C=O) groups is 2. The van der Waals surface area contributed by atoms with Crippen LogP contribution in [0, 0.1) is 0 Å². The summed E-state index contributed by atoms with van der Waals surface area (Å²) < 4.78 is 0. The molecule has 0 spiro atoms. The van der Waals surface area contributed by atoms with Gasteiger partial charge in [0.05, 0.1) is 18.7 Å². The van der Waals surface area contributed by atoms with Crippen LogP contribution in [0.15, 0.2) is 5.38 Å². The lowest BCUT2D eigenvalue weighted by molar-refractivity contribution is -0.123. The average molecular weight is 271 g/mol. The normalized spacial score (nSPS) is 22.9. The van der Waals surface area contributed by atoms with E-state index in [9.17, 15) is 14.7 Å². The molecule has 4 N–H and O–H groups in total. The minimum absolute atomic E-state index is 0.0151. The molecule has 1 aliphatic rings. The molecule has 2 rings (SSSR count). The van der Waals surface area contributed by atoms with Crippen molar-refractivity contribution in [2.24, 2.45) is 0 Å². The van der Waals surface area contributed by atoms with Crippen LogP contribution in [0.2, 0.25) is 0 Å². The summed E-state index contributed by atoms with van der Waals surface area (Å²) >= 11 is 1.19. The number of carboxylic acid groups (broad SMARTS) is 1. The van der Waals surface area contributed by atoms with Crippen LogP contribution in [0.25, 0.3) is 0 Å². The minimum Gasteiger partial charge on any atom is -0.476 e. The predicted molar refractivity (Wildman–Crippen MR) is 63.3 cm³/mol. The van der Waals surface area contributed by atoms with Gasteiger partial charge in [-0.3, -0.25) is 4.79 Å². The second-order valence-corrected chi connectivity index (χ2v) is 4.94. The van der Waals surface area contributed by atoms with Crippen molar-refractivity contribution in [2.45, 2.75) is 25.1 Å². The first kappa shape index (κ1) is 12.9. The van der Waals surface area contributed by atoms with E-state index in [1.165, 1.54) is 16.7 Å². The van der Waals surface area contributed by atoms with Crippen molar-refractivity contribution in [3.05, 3.63) is 16.1 Å². The molecule has 0 aromatic carbocycles. The Labute approximate surface area is 107 Å². The first-order valence-corrected chi connectivity index (χ1v) is 6.31. The number of carboxylic acids is 1. The summed E-state index contributed by atoms with van der Waals surface area (Å²) in [6.45, 7) is 0.615. The number of aliphatic hydroxyl groups is 1.